The molecule has 2 rings (SSSR count). The number of nitrogens with zero attached hydrogens (tertiary/aromatic N) is 2. The van der Waals surface area contributed by atoms with Crippen molar-refractivity contribution in [2.75, 3.05) is 42.6 Å². The summed E-state index contributed by atoms with van der Waals surface area (Å²) in [6.07, 6.45) is 0. The highest BCUT2D eigenvalue weighted by Gasteiger charge is 2.10. The quantitative estimate of drug-likeness (QED) is 0.725. The van der Waals surface area contributed by atoms with Crippen molar-refractivity contribution in [3.05, 3.63) is 53.6 Å². The largest absolute Gasteiger partial charge is 0.388 e. The normalized spacial score (nSPS) is 10.6. The summed E-state index contributed by atoms with van der Waals surface area (Å²) < 4.78 is 4.21. The molecule has 134 valence electrons. The molecule has 0 aliphatic heterocycles. The fourth-order valence-corrected chi connectivity index (χ4v) is 3.16. The van der Waals surface area contributed by atoms with Gasteiger partial charge in [-0.2, -0.15) is 0 Å². The predicted octanol–water partition coefficient (Wildman–Crippen LogP) is 4.24. The van der Waals surface area contributed by atoms with Gasteiger partial charge in [-0.15, -0.1) is 0 Å². The fraction of sp³-hybridized carbons (Fsp3) is 0.316. The summed E-state index contributed by atoms with van der Waals surface area (Å²) in [4.78, 5) is 12.5. The molecule has 2 aromatic rings. The molecule has 0 radical (unpaired) electrons. The zero-order valence-electron chi connectivity index (χ0n) is 15.5. The number of carbonyl (C=O) groups is 1. The Morgan fingerprint density at radius 2 is 1.80 bits per heavy atom. The number of hydrogen-bond donors (Lipinski definition) is 2. The van der Waals surface area contributed by atoms with Crippen LogP contribution in [0.5, 0.6) is 0 Å². The van der Waals surface area contributed by atoms with Gasteiger partial charge in [0.1, 0.15) is 0 Å². The Labute approximate surface area is 154 Å². The molecule has 0 aliphatic rings. The van der Waals surface area contributed by atoms with Crippen molar-refractivity contribution < 1.29 is 4.79 Å². The van der Waals surface area contributed by atoms with Crippen molar-refractivity contribution in [3.8, 4) is 0 Å². The number of carbonyl (C=O) groups excluding carboxylic acids is 1. The van der Waals surface area contributed by atoms with E-state index in [1.54, 1.807) is 12.1 Å². The lowest BCUT2D eigenvalue weighted by Crippen LogP contribution is -2.19. The van der Waals surface area contributed by atoms with Crippen LogP contribution in [0.4, 0.5) is 17.1 Å². The highest BCUT2D eigenvalue weighted by atomic mass is 32.2. The van der Waals surface area contributed by atoms with Crippen molar-refractivity contribution >= 4 is 35.1 Å². The van der Waals surface area contributed by atoms with E-state index < -0.39 is 0 Å². The van der Waals surface area contributed by atoms with Crippen LogP contribution < -0.4 is 14.9 Å². The number of anilines is 3. The third-order valence-corrected chi connectivity index (χ3v) is 4.72. The van der Waals surface area contributed by atoms with Gasteiger partial charge in [0.25, 0.3) is 5.91 Å². The minimum absolute atomic E-state index is 0.110. The lowest BCUT2D eigenvalue weighted by molar-refractivity contribution is 0.102. The lowest BCUT2D eigenvalue weighted by atomic mass is 10.1. The standard InChI is InChI=1S/C19H26N4OS/c1-6-23(25-22(4)5)17-11-8-15(9-12-17)19(24)21-16-10-7-14(2)18(13-16)20-3/h7-13,20H,6H2,1-5H3,(H,21,24). The highest BCUT2D eigenvalue weighted by Crippen LogP contribution is 2.24. The summed E-state index contributed by atoms with van der Waals surface area (Å²) >= 11 is 1.63. The summed E-state index contributed by atoms with van der Waals surface area (Å²) in [7, 11) is 5.89. The van der Waals surface area contributed by atoms with Crippen molar-refractivity contribution in [2.45, 2.75) is 13.8 Å². The molecular weight excluding hydrogens is 332 g/mol. The van der Waals surface area contributed by atoms with Gasteiger partial charge in [0.15, 0.2) is 0 Å². The van der Waals surface area contributed by atoms with Gasteiger partial charge in [-0.1, -0.05) is 6.07 Å². The molecule has 0 aromatic heterocycles. The fourth-order valence-electron chi connectivity index (χ4n) is 2.44. The second kappa shape index (κ2) is 8.78. The minimum Gasteiger partial charge on any atom is -0.388 e. The number of aryl methyl sites for hydroxylation is 1. The molecule has 0 saturated heterocycles. The number of nitrogens with one attached hydrogen (secondary N) is 2. The van der Waals surface area contributed by atoms with Crippen LogP contribution in [0.15, 0.2) is 42.5 Å². The van der Waals surface area contributed by atoms with Crippen LogP contribution in [-0.2, 0) is 0 Å². The van der Waals surface area contributed by atoms with Crippen LogP contribution in [0.3, 0.4) is 0 Å². The van der Waals surface area contributed by atoms with Crippen LogP contribution in [0.1, 0.15) is 22.8 Å². The molecule has 2 aromatic carbocycles. The van der Waals surface area contributed by atoms with Crippen molar-refractivity contribution in [1.82, 2.24) is 4.31 Å². The number of benzene rings is 2. The lowest BCUT2D eigenvalue weighted by Gasteiger charge is -2.24. The smallest absolute Gasteiger partial charge is 0.255 e. The van der Waals surface area contributed by atoms with Gasteiger partial charge >= 0.3 is 0 Å². The van der Waals surface area contributed by atoms with E-state index in [-0.39, 0.29) is 5.91 Å². The zero-order chi connectivity index (χ0) is 18.4. The van der Waals surface area contributed by atoms with E-state index in [1.807, 2.05) is 74.8 Å². The Bertz CT molecular complexity index is 716. The van der Waals surface area contributed by atoms with E-state index in [9.17, 15) is 4.79 Å². The maximum absolute atomic E-state index is 12.5. The van der Waals surface area contributed by atoms with E-state index >= 15 is 0 Å². The van der Waals surface area contributed by atoms with Crippen molar-refractivity contribution in [2.24, 2.45) is 0 Å². The summed E-state index contributed by atoms with van der Waals surface area (Å²) in [5.74, 6) is -0.110. The summed E-state index contributed by atoms with van der Waals surface area (Å²) in [6, 6.07) is 13.5. The van der Waals surface area contributed by atoms with Crippen LogP contribution >= 0.6 is 12.1 Å². The highest BCUT2D eigenvalue weighted by molar-refractivity contribution is 7.98. The van der Waals surface area contributed by atoms with Gasteiger partial charge < -0.3 is 14.9 Å². The number of hydrogen-bond acceptors (Lipinski definition) is 5. The van der Waals surface area contributed by atoms with E-state index in [2.05, 4.69) is 21.9 Å². The summed E-state index contributed by atoms with van der Waals surface area (Å²) in [6.45, 7) is 5.01. The monoisotopic (exact) mass is 358 g/mol. The Balaban J connectivity index is 2.10. The van der Waals surface area contributed by atoms with Gasteiger partial charge in [-0.05, 0) is 69.9 Å². The molecule has 25 heavy (non-hydrogen) atoms. The molecule has 0 spiro atoms. The van der Waals surface area contributed by atoms with E-state index in [1.165, 1.54) is 0 Å². The molecule has 0 fully saturated rings. The average molecular weight is 359 g/mol. The third-order valence-electron chi connectivity index (χ3n) is 3.73. The molecule has 5 nitrogen and oxygen atoms in total. The van der Waals surface area contributed by atoms with Crippen LogP contribution in [-0.4, -0.2) is 37.9 Å². The summed E-state index contributed by atoms with van der Waals surface area (Å²) in [5, 5.41) is 6.08. The van der Waals surface area contributed by atoms with Crippen LogP contribution in [0.2, 0.25) is 0 Å². The first kappa shape index (κ1) is 19.1. The molecule has 0 atom stereocenters. The molecule has 2 N–H and O–H groups in total. The van der Waals surface area contributed by atoms with E-state index in [0.717, 1.165) is 29.2 Å². The maximum atomic E-state index is 12.5. The Morgan fingerprint density at radius 1 is 1.12 bits per heavy atom. The molecule has 6 heteroatoms. The van der Waals surface area contributed by atoms with Crippen LogP contribution in [0, 0.1) is 6.92 Å². The van der Waals surface area contributed by atoms with Gasteiger partial charge in [0.05, 0.1) is 0 Å². The van der Waals surface area contributed by atoms with E-state index in [0.29, 0.717) is 5.56 Å². The first-order chi connectivity index (χ1) is 11.9. The van der Waals surface area contributed by atoms with Gasteiger partial charge in [-0.25, -0.2) is 4.31 Å². The molecule has 1 amide bonds. The predicted molar refractivity (Wildman–Crippen MR) is 109 cm³/mol. The Morgan fingerprint density at radius 3 is 2.36 bits per heavy atom. The molecular formula is C19H26N4OS. The van der Waals surface area contributed by atoms with Gasteiger partial charge in [0, 0.05) is 48.4 Å². The number of rotatable bonds is 7. The Kier molecular flexibility index (Phi) is 6.73. The number of amides is 1. The molecule has 0 saturated carbocycles. The first-order valence-electron chi connectivity index (χ1n) is 8.27. The molecule has 0 unspecified atom stereocenters. The van der Waals surface area contributed by atoms with Gasteiger partial charge in [0.2, 0.25) is 0 Å². The van der Waals surface area contributed by atoms with Crippen molar-refractivity contribution in [1.29, 1.82) is 0 Å². The van der Waals surface area contributed by atoms with Crippen molar-refractivity contribution in [3.63, 3.8) is 0 Å². The topological polar surface area (TPSA) is 47.6 Å². The first-order valence-corrected chi connectivity index (χ1v) is 9.00. The van der Waals surface area contributed by atoms with Crippen LogP contribution in [0.25, 0.3) is 0 Å². The SMILES string of the molecule is CCN(SN(C)C)c1ccc(C(=O)Nc2ccc(C)c(NC)c2)cc1. The zero-order valence-corrected chi connectivity index (χ0v) is 16.3. The second-order valence-corrected chi connectivity index (χ2v) is 7.20. The Hall–Kier alpha value is -2.18. The third kappa shape index (κ3) is 5.14. The minimum atomic E-state index is -0.110. The maximum Gasteiger partial charge on any atom is 0.255 e. The van der Waals surface area contributed by atoms with E-state index in [4.69, 9.17) is 0 Å². The molecule has 0 aliphatic carbocycles. The van der Waals surface area contributed by atoms with Gasteiger partial charge in [-0.3, -0.25) is 4.79 Å². The molecule has 0 heterocycles. The average Bonchev–Trinajstić information content (AvgIpc) is 2.61. The summed E-state index contributed by atoms with van der Waals surface area (Å²) in [5.41, 5.74) is 4.64. The second-order valence-electron chi connectivity index (χ2n) is 5.87. The molecule has 0 bridgehead atoms.